The summed E-state index contributed by atoms with van der Waals surface area (Å²) in [6, 6.07) is -1.92. The van der Waals surface area contributed by atoms with E-state index in [4.69, 9.17) is 9.84 Å². The fraction of sp³-hybridized carbons (Fsp3) is 0.786. The number of nitrogens with zero attached hydrogens (tertiary/aromatic N) is 1. The second-order valence-electron chi connectivity index (χ2n) is 6.40. The summed E-state index contributed by atoms with van der Waals surface area (Å²) in [6.45, 7) is 4.98. The Morgan fingerprint density at radius 3 is 2.27 bits per heavy atom. The Hall–Kier alpha value is -1.83. The van der Waals surface area contributed by atoms with Crippen molar-refractivity contribution < 1.29 is 34.4 Å². The maximum Gasteiger partial charge on any atom is 0.411 e. The minimum atomic E-state index is -1.22. The van der Waals surface area contributed by atoms with E-state index >= 15 is 0 Å². The number of aliphatic hydroxyl groups excluding tert-OH is 1. The Morgan fingerprint density at radius 2 is 1.82 bits per heavy atom. The van der Waals surface area contributed by atoms with Gasteiger partial charge in [-0.25, -0.2) is 9.59 Å². The van der Waals surface area contributed by atoms with Crippen molar-refractivity contribution >= 4 is 18.0 Å². The number of hydrogen-bond donors (Lipinski definition) is 3. The lowest BCUT2D eigenvalue weighted by molar-refractivity contribution is -0.142. The molecule has 0 aliphatic carbocycles. The van der Waals surface area contributed by atoms with Gasteiger partial charge < -0.3 is 20.1 Å². The lowest BCUT2D eigenvalue weighted by Gasteiger charge is -2.31. The summed E-state index contributed by atoms with van der Waals surface area (Å²) in [7, 11) is 0. The zero-order chi connectivity index (χ0) is 17.1. The molecule has 1 amide bonds. The number of carbonyl (C=O) groups is 3. The minimum absolute atomic E-state index is 0.0910. The number of aliphatic hydroxyl groups is 1. The highest BCUT2D eigenvalue weighted by molar-refractivity contribution is 5.81. The third-order valence-corrected chi connectivity index (χ3v) is 3.38. The summed E-state index contributed by atoms with van der Waals surface area (Å²) < 4.78 is 5.20. The van der Waals surface area contributed by atoms with E-state index in [0.29, 0.717) is 0 Å². The number of aliphatic carboxylic acids is 2. The molecule has 1 saturated heterocycles. The van der Waals surface area contributed by atoms with Crippen molar-refractivity contribution in [1.29, 1.82) is 0 Å². The topological polar surface area (TPSA) is 124 Å². The van der Waals surface area contributed by atoms with Crippen LogP contribution in [0.4, 0.5) is 4.79 Å². The van der Waals surface area contributed by atoms with E-state index in [1.165, 1.54) is 0 Å². The van der Waals surface area contributed by atoms with Gasteiger partial charge in [0.15, 0.2) is 0 Å². The Kier molecular flexibility index (Phi) is 5.76. The second-order valence-corrected chi connectivity index (χ2v) is 6.40. The van der Waals surface area contributed by atoms with Crippen LogP contribution in [0.5, 0.6) is 0 Å². The van der Waals surface area contributed by atoms with Gasteiger partial charge in [0.1, 0.15) is 11.6 Å². The van der Waals surface area contributed by atoms with Crippen LogP contribution in [-0.2, 0) is 14.3 Å². The summed E-state index contributed by atoms with van der Waals surface area (Å²) in [5, 5.41) is 27.9. The van der Waals surface area contributed by atoms with Gasteiger partial charge in [0.05, 0.1) is 12.1 Å². The molecule has 0 aromatic rings. The summed E-state index contributed by atoms with van der Waals surface area (Å²) in [5.74, 6) is -2.20. The lowest BCUT2D eigenvalue weighted by Crippen LogP contribution is -2.48. The monoisotopic (exact) mass is 317 g/mol. The molecule has 1 fully saturated rings. The van der Waals surface area contributed by atoms with Gasteiger partial charge in [-0.3, -0.25) is 9.69 Å². The van der Waals surface area contributed by atoms with Gasteiger partial charge in [-0.1, -0.05) is 0 Å². The first kappa shape index (κ1) is 18.2. The standard InChI is InChI=1S/C14H23NO7/c1-14(2,3)22-13(21)15-8(5-4-6-11(17)18)10(16)7-9(15)12(19)20/h8-10,16H,4-7H2,1-3H3,(H,17,18)(H,19,20)/t8-,9+,10-/m1/s1. The molecule has 0 spiro atoms. The predicted molar refractivity (Wildman–Crippen MR) is 75.4 cm³/mol. The zero-order valence-corrected chi connectivity index (χ0v) is 13.0. The third kappa shape index (κ3) is 4.87. The largest absolute Gasteiger partial charge is 0.481 e. The van der Waals surface area contributed by atoms with E-state index in [9.17, 15) is 24.6 Å². The predicted octanol–water partition coefficient (Wildman–Crippen LogP) is 1.06. The van der Waals surface area contributed by atoms with E-state index in [0.717, 1.165) is 4.90 Å². The fourth-order valence-corrected chi connectivity index (χ4v) is 2.51. The van der Waals surface area contributed by atoms with Crippen molar-refractivity contribution in [3.63, 3.8) is 0 Å². The van der Waals surface area contributed by atoms with Crippen molar-refractivity contribution in [2.24, 2.45) is 0 Å². The number of carboxylic acids is 2. The molecule has 3 N–H and O–H groups in total. The first-order chi connectivity index (χ1) is 10.0. The van der Waals surface area contributed by atoms with E-state index in [1.807, 2.05) is 0 Å². The Balaban J connectivity index is 2.88. The van der Waals surface area contributed by atoms with Crippen LogP contribution in [-0.4, -0.2) is 62.0 Å². The van der Waals surface area contributed by atoms with Crippen LogP contribution < -0.4 is 0 Å². The van der Waals surface area contributed by atoms with Crippen LogP contribution >= 0.6 is 0 Å². The number of rotatable bonds is 5. The van der Waals surface area contributed by atoms with Gasteiger partial charge in [-0.2, -0.15) is 0 Å². The van der Waals surface area contributed by atoms with Gasteiger partial charge in [0, 0.05) is 12.8 Å². The Labute approximate surface area is 128 Å². The molecule has 3 atom stereocenters. The molecule has 8 heteroatoms. The lowest BCUT2D eigenvalue weighted by atomic mass is 10.0. The number of likely N-dealkylation sites (tertiary alicyclic amines) is 1. The van der Waals surface area contributed by atoms with Crippen LogP contribution in [0.3, 0.4) is 0 Å². The van der Waals surface area contributed by atoms with Crippen LogP contribution in [0.15, 0.2) is 0 Å². The average Bonchev–Trinajstić information content (AvgIpc) is 2.64. The molecule has 0 bridgehead atoms. The molecule has 1 heterocycles. The van der Waals surface area contributed by atoms with Crippen molar-refractivity contribution in [1.82, 2.24) is 4.90 Å². The van der Waals surface area contributed by atoms with Crippen molar-refractivity contribution in [3.8, 4) is 0 Å². The maximum atomic E-state index is 12.2. The SMILES string of the molecule is CC(C)(C)OC(=O)N1[C@H](CCCC(=O)O)[C@H](O)C[C@H]1C(=O)O. The van der Waals surface area contributed by atoms with Crippen LogP contribution in [0, 0.1) is 0 Å². The molecule has 0 aromatic carbocycles. The molecule has 0 unspecified atom stereocenters. The number of carbonyl (C=O) groups excluding carboxylic acids is 1. The third-order valence-electron chi connectivity index (χ3n) is 3.38. The molecule has 0 radical (unpaired) electrons. The minimum Gasteiger partial charge on any atom is -0.481 e. The molecule has 22 heavy (non-hydrogen) atoms. The maximum absolute atomic E-state index is 12.2. The molecular weight excluding hydrogens is 294 g/mol. The summed E-state index contributed by atoms with van der Waals surface area (Å²) in [4.78, 5) is 35.1. The van der Waals surface area contributed by atoms with Crippen molar-refractivity contribution in [2.45, 2.75) is 70.2 Å². The first-order valence-corrected chi connectivity index (χ1v) is 7.17. The number of hydrogen-bond acceptors (Lipinski definition) is 5. The first-order valence-electron chi connectivity index (χ1n) is 7.17. The molecule has 1 aliphatic heterocycles. The molecule has 8 nitrogen and oxygen atoms in total. The van der Waals surface area contributed by atoms with Gasteiger partial charge in [0.25, 0.3) is 0 Å². The molecule has 0 aromatic heterocycles. The van der Waals surface area contributed by atoms with E-state index in [-0.39, 0.29) is 25.7 Å². The zero-order valence-electron chi connectivity index (χ0n) is 13.0. The van der Waals surface area contributed by atoms with Crippen LogP contribution in [0.2, 0.25) is 0 Å². The highest BCUT2D eigenvalue weighted by Crippen LogP contribution is 2.30. The van der Waals surface area contributed by atoms with Gasteiger partial charge >= 0.3 is 18.0 Å². The molecule has 126 valence electrons. The quantitative estimate of drug-likeness (QED) is 0.692. The molecule has 1 rings (SSSR count). The van der Waals surface area contributed by atoms with Crippen LogP contribution in [0.1, 0.15) is 46.5 Å². The van der Waals surface area contributed by atoms with Gasteiger partial charge in [0.2, 0.25) is 0 Å². The summed E-state index contributed by atoms with van der Waals surface area (Å²) in [6.07, 6.45) is -1.58. The van der Waals surface area contributed by atoms with E-state index < -0.39 is 41.8 Å². The van der Waals surface area contributed by atoms with Gasteiger partial charge in [-0.05, 0) is 33.6 Å². The highest BCUT2D eigenvalue weighted by atomic mass is 16.6. The molecular formula is C14H23NO7. The van der Waals surface area contributed by atoms with Crippen LogP contribution in [0.25, 0.3) is 0 Å². The van der Waals surface area contributed by atoms with Crippen molar-refractivity contribution in [3.05, 3.63) is 0 Å². The number of amides is 1. The fourth-order valence-electron chi connectivity index (χ4n) is 2.51. The molecule has 0 saturated carbocycles. The van der Waals surface area contributed by atoms with E-state index in [1.54, 1.807) is 20.8 Å². The Bertz CT molecular complexity index is 443. The number of ether oxygens (including phenoxy) is 1. The van der Waals surface area contributed by atoms with E-state index in [2.05, 4.69) is 0 Å². The average molecular weight is 317 g/mol. The molecule has 1 aliphatic rings. The highest BCUT2D eigenvalue weighted by Gasteiger charge is 2.47. The summed E-state index contributed by atoms with van der Waals surface area (Å²) in [5.41, 5.74) is -0.792. The summed E-state index contributed by atoms with van der Waals surface area (Å²) >= 11 is 0. The Morgan fingerprint density at radius 1 is 1.23 bits per heavy atom. The second kappa shape index (κ2) is 6.95. The van der Waals surface area contributed by atoms with Crippen molar-refractivity contribution in [2.75, 3.05) is 0 Å². The number of carboxylic acid groups (broad SMARTS) is 2. The van der Waals surface area contributed by atoms with Gasteiger partial charge in [-0.15, -0.1) is 0 Å². The smallest absolute Gasteiger partial charge is 0.411 e. The normalized spacial score (nSPS) is 25.1.